The van der Waals surface area contributed by atoms with E-state index in [9.17, 15) is 0 Å². The molecule has 2 aromatic heterocycles. The first-order valence-corrected chi connectivity index (χ1v) is 5.15. The second-order valence-electron chi connectivity index (χ2n) is 3.52. The minimum Gasteiger partial charge on any atom is -0.363 e. The Kier molecular flexibility index (Phi) is 3.26. The first-order valence-electron chi connectivity index (χ1n) is 5.15. The number of anilines is 1. The van der Waals surface area contributed by atoms with Gasteiger partial charge in [0.15, 0.2) is 0 Å². The number of pyridine rings is 1. The second kappa shape index (κ2) is 5.03. The van der Waals surface area contributed by atoms with Crippen LogP contribution in [0.5, 0.6) is 0 Å². The van der Waals surface area contributed by atoms with E-state index >= 15 is 0 Å². The summed E-state index contributed by atoms with van der Waals surface area (Å²) in [5.41, 5.74) is 2.33. The molecule has 0 amide bonds. The number of hydrogen-bond acceptors (Lipinski definition) is 5. The molecule has 0 spiro atoms. The van der Waals surface area contributed by atoms with Gasteiger partial charge in [-0.15, -0.1) is 0 Å². The minimum absolute atomic E-state index is 0.521. The number of nitrogens with zero attached hydrogens (tertiary/aromatic N) is 4. The average molecular weight is 225 g/mol. The second-order valence-corrected chi connectivity index (χ2v) is 3.52. The average Bonchev–Trinajstić information content (AvgIpc) is 2.37. The maximum atomic E-state index is 9.04. The van der Waals surface area contributed by atoms with Crippen molar-refractivity contribution in [1.29, 1.82) is 5.26 Å². The van der Waals surface area contributed by atoms with Crippen LogP contribution in [0.25, 0.3) is 0 Å². The highest BCUT2D eigenvalue weighted by Gasteiger charge is 2.05. The molecule has 0 radical (unpaired) electrons. The monoisotopic (exact) mass is 225 g/mol. The lowest BCUT2D eigenvalue weighted by Gasteiger charge is -2.07. The van der Waals surface area contributed by atoms with Crippen molar-refractivity contribution >= 4 is 5.82 Å². The molecule has 0 bridgehead atoms. The topological polar surface area (TPSA) is 74.5 Å². The lowest BCUT2D eigenvalue weighted by Crippen LogP contribution is -2.05. The molecule has 0 atom stereocenters. The van der Waals surface area contributed by atoms with E-state index in [1.165, 1.54) is 6.33 Å². The molecule has 2 heterocycles. The summed E-state index contributed by atoms with van der Waals surface area (Å²) in [7, 11) is 0. The van der Waals surface area contributed by atoms with Crippen molar-refractivity contribution in [2.75, 3.05) is 5.32 Å². The highest BCUT2D eigenvalue weighted by Crippen LogP contribution is 2.15. The smallest absolute Gasteiger partial charge is 0.144 e. The summed E-state index contributed by atoms with van der Waals surface area (Å²) in [5.74, 6) is 0.589. The normalized spacial score (nSPS) is 9.65. The number of nitrogens with one attached hydrogen (secondary N) is 1. The van der Waals surface area contributed by atoms with Crippen LogP contribution in [0, 0.1) is 18.3 Å². The van der Waals surface area contributed by atoms with E-state index in [-0.39, 0.29) is 0 Å². The molecular weight excluding hydrogens is 214 g/mol. The molecule has 2 rings (SSSR count). The summed E-state index contributed by atoms with van der Waals surface area (Å²) in [6.45, 7) is 2.41. The molecule has 0 unspecified atom stereocenters. The van der Waals surface area contributed by atoms with Crippen LogP contribution in [-0.4, -0.2) is 15.0 Å². The van der Waals surface area contributed by atoms with Crippen LogP contribution in [0.2, 0.25) is 0 Å². The van der Waals surface area contributed by atoms with Gasteiger partial charge in [0.05, 0.1) is 17.8 Å². The Hall–Kier alpha value is -2.48. The van der Waals surface area contributed by atoms with Gasteiger partial charge in [-0.2, -0.15) is 5.26 Å². The zero-order chi connectivity index (χ0) is 12.1. The van der Waals surface area contributed by atoms with Gasteiger partial charge in [-0.05, 0) is 24.6 Å². The van der Waals surface area contributed by atoms with Gasteiger partial charge < -0.3 is 5.32 Å². The Labute approximate surface area is 99.2 Å². The maximum absolute atomic E-state index is 9.04. The van der Waals surface area contributed by atoms with Crippen LogP contribution >= 0.6 is 0 Å². The molecule has 0 aromatic carbocycles. The van der Waals surface area contributed by atoms with Gasteiger partial charge in [-0.1, -0.05) is 0 Å². The largest absolute Gasteiger partial charge is 0.363 e. The number of aromatic nitrogens is 3. The van der Waals surface area contributed by atoms with E-state index in [2.05, 4.69) is 26.3 Å². The fourth-order valence-electron chi connectivity index (χ4n) is 1.43. The van der Waals surface area contributed by atoms with Crippen molar-refractivity contribution in [3.8, 4) is 6.07 Å². The quantitative estimate of drug-likeness (QED) is 0.859. The molecule has 0 fully saturated rings. The van der Waals surface area contributed by atoms with E-state index in [0.717, 1.165) is 11.3 Å². The summed E-state index contributed by atoms with van der Waals surface area (Å²) < 4.78 is 0. The van der Waals surface area contributed by atoms with Gasteiger partial charge in [-0.3, -0.25) is 0 Å². The van der Waals surface area contributed by atoms with E-state index in [1.807, 2.05) is 19.1 Å². The van der Waals surface area contributed by atoms with Gasteiger partial charge in [0.1, 0.15) is 18.2 Å². The minimum atomic E-state index is 0.521. The van der Waals surface area contributed by atoms with Gasteiger partial charge in [0.2, 0.25) is 0 Å². The summed E-state index contributed by atoms with van der Waals surface area (Å²) in [5, 5.41) is 12.1. The number of hydrogen-bond donors (Lipinski definition) is 1. The van der Waals surface area contributed by atoms with Crippen molar-refractivity contribution in [1.82, 2.24) is 15.0 Å². The molecule has 0 saturated heterocycles. The Morgan fingerprint density at radius 3 is 2.88 bits per heavy atom. The molecule has 0 aliphatic rings. The third kappa shape index (κ3) is 2.55. The van der Waals surface area contributed by atoms with Crippen LogP contribution in [0.4, 0.5) is 5.82 Å². The van der Waals surface area contributed by atoms with E-state index in [1.54, 1.807) is 12.4 Å². The lowest BCUT2D eigenvalue weighted by molar-refractivity contribution is 0.993. The van der Waals surface area contributed by atoms with E-state index < -0.39 is 0 Å². The predicted molar refractivity (Wildman–Crippen MR) is 63.0 cm³/mol. The van der Waals surface area contributed by atoms with Crippen LogP contribution in [0.1, 0.15) is 16.8 Å². The molecule has 0 aliphatic carbocycles. The molecule has 2 aromatic rings. The van der Waals surface area contributed by atoms with Gasteiger partial charge in [-0.25, -0.2) is 15.0 Å². The van der Waals surface area contributed by atoms with E-state index in [0.29, 0.717) is 17.9 Å². The molecule has 0 aliphatic heterocycles. The SMILES string of the molecule is Cc1ccnc(NCc2ccncn2)c1C#N. The number of aryl methyl sites for hydroxylation is 1. The highest BCUT2D eigenvalue weighted by molar-refractivity contribution is 5.55. The Morgan fingerprint density at radius 2 is 2.18 bits per heavy atom. The molecule has 84 valence electrons. The predicted octanol–water partition coefficient (Wildman–Crippen LogP) is 1.66. The van der Waals surface area contributed by atoms with Crippen molar-refractivity contribution in [3.63, 3.8) is 0 Å². The molecule has 0 saturated carbocycles. The zero-order valence-corrected chi connectivity index (χ0v) is 9.38. The third-order valence-corrected chi connectivity index (χ3v) is 2.35. The fourth-order valence-corrected chi connectivity index (χ4v) is 1.43. The Balaban J connectivity index is 2.15. The summed E-state index contributed by atoms with van der Waals surface area (Å²) in [6, 6.07) is 5.77. The van der Waals surface area contributed by atoms with Gasteiger partial charge >= 0.3 is 0 Å². The molecule has 1 N–H and O–H groups in total. The molecule has 5 nitrogen and oxygen atoms in total. The van der Waals surface area contributed by atoms with Crippen molar-refractivity contribution in [3.05, 3.63) is 47.7 Å². The molecular formula is C12H11N5. The van der Waals surface area contributed by atoms with Crippen molar-refractivity contribution < 1.29 is 0 Å². The molecule has 5 heteroatoms. The molecule has 17 heavy (non-hydrogen) atoms. The lowest BCUT2D eigenvalue weighted by atomic mass is 10.1. The fraction of sp³-hybridized carbons (Fsp3) is 0.167. The zero-order valence-electron chi connectivity index (χ0n) is 9.38. The van der Waals surface area contributed by atoms with Crippen molar-refractivity contribution in [2.45, 2.75) is 13.5 Å². The Morgan fingerprint density at radius 1 is 1.29 bits per heavy atom. The summed E-state index contributed by atoms with van der Waals surface area (Å²) >= 11 is 0. The van der Waals surface area contributed by atoms with Crippen LogP contribution in [0.15, 0.2) is 30.9 Å². The standard InChI is InChI=1S/C12H11N5/c1-9-2-5-15-12(11(9)6-13)16-7-10-3-4-14-8-17-10/h2-5,8H,7H2,1H3,(H,15,16). The van der Waals surface area contributed by atoms with Gasteiger partial charge in [0, 0.05) is 12.4 Å². The van der Waals surface area contributed by atoms with Gasteiger partial charge in [0.25, 0.3) is 0 Å². The van der Waals surface area contributed by atoms with Crippen molar-refractivity contribution in [2.24, 2.45) is 0 Å². The summed E-state index contributed by atoms with van der Waals surface area (Å²) in [4.78, 5) is 12.1. The van der Waals surface area contributed by atoms with Crippen LogP contribution in [-0.2, 0) is 6.54 Å². The highest BCUT2D eigenvalue weighted by atomic mass is 15.0. The number of rotatable bonds is 3. The summed E-state index contributed by atoms with van der Waals surface area (Å²) in [6.07, 6.45) is 4.85. The van der Waals surface area contributed by atoms with Crippen LogP contribution in [0.3, 0.4) is 0 Å². The first kappa shape index (κ1) is 11.0. The maximum Gasteiger partial charge on any atom is 0.144 e. The first-order chi connectivity index (χ1) is 8.31. The number of nitriles is 1. The third-order valence-electron chi connectivity index (χ3n) is 2.35. The van der Waals surface area contributed by atoms with Crippen LogP contribution < -0.4 is 5.32 Å². The van der Waals surface area contributed by atoms with E-state index in [4.69, 9.17) is 5.26 Å². The Bertz CT molecular complexity index is 545.